The predicted octanol–water partition coefficient (Wildman–Crippen LogP) is 0.692. The van der Waals surface area contributed by atoms with E-state index in [1.165, 1.54) is 6.92 Å². The number of aliphatic carboxylic acids is 1. The van der Waals surface area contributed by atoms with Crippen molar-refractivity contribution in [1.29, 1.82) is 0 Å². The Kier molecular flexibility index (Phi) is 12.6. The zero-order valence-electron chi connectivity index (χ0n) is 7.96. The maximum absolute atomic E-state index is 9.82. The summed E-state index contributed by atoms with van der Waals surface area (Å²) in [6.45, 7) is 9.45. The molecule has 0 heterocycles. The molecule has 0 saturated carbocycles. The molecule has 0 aliphatic rings. The maximum Gasteiger partial charge on any atom is 0.330 e. The molecule has 0 aromatic carbocycles. The van der Waals surface area contributed by atoms with E-state index >= 15 is 0 Å². The van der Waals surface area contributed by atoms with Crippen LogP contribution in [0, 0.1) is 0 Å². The van der Waals surface area contributed by atoms with E-state index < -0.39 is 11.9 Å². The predicted molar refractivity (Wildman–Crippen MR) is 46.5 cm³/mol. The smallest absolute Gasteiger partial charge is 0.330 e. The Morgan fingerprint density at radius 2 is 1.31 bits per heavy atom. The van der Waals surface area contributed by atoms with Crippen molar-refractivity contribution in [2.45, 2.75) is 13.8 Å². The minimum atomic E-state index is -0.935. The van der Waals surface area contributed by atoms with Crippen LogP contribution in [0.2, 0.25) is 0 Å². The van der Waals surface area contributed by atoms with Crippen molar-refractivity contribution >= 4 is 11.9 Å². The molecule has 0 saturated heterocycles. The van der Waals surface area contributed by atoms with E-state index in [0.29, 0.717) is 5.57 Å². The number of carboxylic acid groups (broad SMARTS) is 1. The third-order valence-corrected chi connectivity index (χ3v) is 0.786. The van der Waals surface area contributed by atoms with E-state index in [9.17, 15) is 9.59 Å². The summed E-state index contributed by atoms with van der Waals surface area (Å²) in [6.07, 6.45) is 0. The Balaban J connectivity index is -0.000000143. The molecule has 1 amide bonds. The van der Waals surface area contributed by atoms with Crippen molar-refractivity contribution in [3.63, 3.8) is 0 Å². The summed E-state index contributed by atoms with van der Waals surface area (Å²) in [5, 5.41) is 7.89. The van der Waals surface area contributed by atoms with Crippen LogP contribution in [-0.4, -0.2) is 17.0 Å². The molecule has 0 atom stereocenters. The Labute approximate surface area is 90.3 Å². The Morgan fingerprint density at radius 3 is 1.31 bits per heavy atom. The second-order valence-corrected chi connectivity index (χ2v) is 2.23. The largest absolute Gasteiger partial charge is 0.478 e. The Bertz CT molecular complexity index is 175. The summed E-state index contributed by atoms with van der Waals surface area (Å²) >= 11 is 0. The molecule has 0 radical (unpaired) electrons. The van der Waals surface area contributed by atoms with Crippen molar-refractivity contribution in [1.82, 2.24) is 0 Å². The molecule has 0 bridgehead atoms. The number of hydrogen-bond acceptors (Lipinski definition) is 2. The SMILES string of the molecule is C=C(C)C(=O)O.C=C(C)C(N)=O.[Zn]. The van der Waals surface area contributed by atoms with Crippen LogP contribution in [0.5, 0.6) is 0 Å². The first-order chi connectivity index (χ1) is 5.29. The van der Waals surface area contributed by atoms with Gasteiger partial charge >= 0.3 is 5.97 Å². The van der Waals surface area contributed by atoms with Gasteiger partial charge in [0.15, 0.2) is 0 Å². The molecule has 70 valence electrons. The number of nitrogens with two attached hydrogens (primary N) is 1. The van der Waals surface area contributed by atoms with Crippen LogP contribution in [0.3, 0.4) is 0 Å². The van der Waals surface area contributed by atoms with Crippen LogP contribution in [0.25, 0.3) is 0 Å². The van der Waals surface area contributed by atoms with Crippen LogP contribution < -0.4 is 5.73 Å². The molecule has 0 aliphatic heterocycles. The number of carbonyl (C=O) groups is 2. The molecule has 0 spiro atoms. The molecule has 0 unspecified atom stereocenters. The molecular weight excluding hydrogens is 223 g/mol. The summed E-state index contributed by atoms with van der Waals surface area (Å²) in [5.74, 6) is -1.37. The average Bonchev–Trinajstić information content (AvgIpc) is 1.88. The first kappa shape index (κ1) is 18.0. The zero-order valence-corrected chi connectivity index (χ0v) is 10.9. The summed E-state index contributed by atoms with van der Waals surface area (Å²) in [7, 11) is 0. The molecule has 0 fully saturated rings. The number of carboxylic acids is 1. The fourth-order valence-electron chi connectivity index (χ4n) is 0. The molecule has 0 rings (SSSR count). The fourth-order valence-corrected chi connectivity index (χ4v) is 0. The Hall–Kier alpha value is -0.957. The van der Waals surface area contributed by atoms with Crippen molar-refractivity contribution in [2.24, 2.45) is 5.73 Å². The minimum Gasteiger partial charge on any atom is -0.478 e. The van der Waals surface area contributed by atoms with Crippen molar-refractivity contribution in [3.8, 4) is 0 Å². The molecular formula is C8H13NO3Zn. The van der Waals surface area contributed by atoms with Crippen molar-refractivity contribution in [3.05, 3.63) is 24.3 Å². The van der Waals surface area contributed by atoms with Gasteiger partial charge in [-0.2, -0.15) is 0 Å². The average molecular weight is 237 g/mol. The van der Waals surface area contributed by atoms with Gasteiger partial charge in [0.1, 0.15) is 0 Å². The van der Waals surface area contributed by atoms with Crippen LogP contribution in [-0.2, 0) is 29.1 Å². The second-order valence-electron chi connectivity index (χ2n) is 2.23. The normalized spacial score (nSPS) is 6.92. The number of primary amides is 1. The molecule has 0 aromatic rings. The van der Waals surface area contributed by atoms with E-state index in [-0.39, 0.29) is 25.1 Å². The third-order valence-electron chi connectivity index (χ3n) is 0.786. The summed E-state index contributed by atoms with van der Waals surface area (Å²) in [6, 6.07) is 0. The van der Waals surface area contributed by atoms with E-state index in [0.717, 1.165) is 0 Å². The van der Waals surface area contributed by atoms with Gasteiger partial charge in [0, 0.05) is 30.6 Å². The van der Waals surface area contributed by atoms with Crippen LogP contribution in [0.1, 0.15) is 13.8 Å². The minimum absolute atomic E-state index is 0. The van der Waals surface area contributed by atoms with Crippen LogP contribution >= 0.6 is 0 Å². The number of hydrogen-bond donors (Lipinski definition) is 2. The van der Waals surface area contributed by atoms with E-state index in [1.807, 2.05) is 0 Å². The quantitative estimate of drug-likeness (QED) is 0.547. The van der Waals surface area contributed by atoms with Gasteiger partial charge in [-0.3, -0.25) is 4.79 Å². The summed E-state index contributed by atoms with van der Waals surface area (Å²) in [5.41, 5.74) is 5.27. The molecule has 13 heavy (non-hydrogen) atoms. The van der Waals surface area contributed by atoms with Gasteiger partial charge in [-0.15, -0.1) is 0 Å². The monoisotopic (exact) mass is 235 g/mol. The standard InChI is InChI=1S/C4H7NO.C4H6O2.Zn/c2*1-3(2)4(5)6;/h1H2,2H3,(H2,5,6);1H2,2H3,(H,5,6);. The van der Waals surface area contributed by atoms with Crippen LogP contribution in [0.4, 0.5) is 0 Å². The number of amides is 1. The first-order valence-corrected chi connectivity index (χ1v) is 3.13. The molecule has 0 aliphatic carbocycles. The van der Waals surface area contributed by atoms with E-state index in [1.54, 1.807) is 6.92 Å². The fraction of sp³-hybridized carbons (Fsp3) is 0.250. The van der Waals surface area contributed by atoms with E-state index in [2.05, 4.69) is 13.2 Å². The third kappa shape index (κ3) is 18.2. The van der Waals surface area contributed by atoms with Gasteiger partial charge in [0.25, 0.3) is 0 Å². The topological polar surface area (TPSA) is 80.4 Å². The summed E-state index contributed by atoms with van der Waals surface area (Å²) in [4.78, 5) is 19.4. The van der Waals surface area contributed by atoms with Crippen molar-refractivity contribution in [2.75, 3.05) is 0 Å². The molecule has 4 nitrogen and oxygen atoms in total. The Morgan fingerprint density at radius 1 is 1.15 bits per heavy atom. The van der Waals surface area contributed by atoms with Gasteiger partial charge in [-0.25, -0.2) is 4.79 Å². The maximum atomic E-state index is 9.82. The number of carbonyl (C=O) groups excluding carboxylic acids is 1. The second kappa shape index (κ2) is 9.13. The van der Waals surface area contributed by atoms with Gasteiger partial charge < -0.3 is 10.8 Å². The first-order valence-electron chi connectivity index (χ1n) is 3.13. The van der Waals surface area contributed by atoms with E-state index in [4.69, 9.17) is 10.8 Å². The zero-order chi connectivity index (χ0) is 10.3. The van der Waals surface area contributed by atoms with Crippen molar-refractivity contribution < 1.29 is 34.2 Å². The van der Waals surface area contributed by atoms with Crippen LogP contribution in [0.15, 0.2) is 24.3 Å². The molecule has 5 heteroatoms. The molecule has 0 aromatic heterocycles. The van der Waals surface area contributed by atoms with Gasteiger partial charge in [0.2, 0.25) is 5.91 Å². The summed E-state index contributed by atoms with van der Waals surface area (Å²) < 4.78 is 0. The molecule has 3 N–H and O–H groups in total. The van der Waals surface area contributed by atoms with Gasteiger partial charge in [-0.05, 0) is 13.8 Å². The van der Waals surface area contributed by atoms with Gasteiger partial charge in [-0.1, -0.05) is 13.2 Å². The van der Waals surface area contributed by atoms with Gasteiger partial charge in [0.05, 0.1) is 0 Å². The number of rotatable bonds is 2.